The summed E-state index contributed by atoms with van der Waals surface area (Å²) in [6, 6.07) is 1.91. The van der Waals surface area contributed by atoms with E-state index in [0.29, 0.717) is 10.4 Å². The van der Waals surface area contributed by atoms with Crippen LogP contribution in [0.1, 0.15) is 52.1 Å². The minimum atomic E-state index is -0.0758. The lowest BCUT2D eigenvalue weighted by Crippen LogP contribution is -2.40. The fraction of sp³-hybridized carbons (Fsp3) is 0.500. The number of nitrogens with zero attached hydrogens (tertiary/aromatic N) is 1. The highest BCUT2D eigenvalue weighted by molar-refractivity contribution is 7.12. The second-order valence-corrected chi connectivity index (χ2v) is 5.35. The lowest BCUT2D eigenvalue weighted by atomic mass is 9.94. The van der Waals surface area contributed by atoms with Gasteiger partial charge in [-0.2, -0.15) is 0 Å². The van der Waals surface area contributed by atoms with Crippen LogP contribution in [0.4, 0.5) is 0 Å². The standard InChI is InChI=1S/C12H13NO2S/c14-11-9-6-7-16-10(9)12(15)13(11)8-4-2-1-3-5-8/h6-8H,1-5H2. The van der Waals surface area contributed by atoms with Crippen LogP contribution in [0.25, 0.3) is 0 Å². The zero-order chi connectivity index (χ0) is 11.1. The van der Waals surface area contributed by atoms with Gasteiger partial charge in [0.1, 0.15) is 4.88 Å². The van der Waals surface area contributed by atoms with Crippen molar-refractivity contribution in [2.45, 2.75) is 38.1 Å². The molecule has 0 aromatic carbocycles. The molecule has 1 aliphatic heterocycles. The van der Waals surface area contributed by atoms with Crippen molar-refractivity contribution in [3.63, 3.8) is 0 Å². The van der Waals surface area contributed by atoms with Crippen LogP contribution in [0.2, 0.25) is 0 Å². The summed E-state index contributed by atoms with van der Waals surface area (Å²) in [7, 11) is 0. The average molecular weight is 235 g/mol. The average Bonchev–Trinajstić information content (AvgIpc) is 2.86. The summed E-state index contributed by atoms with van der Waals surface area (Å²) >= 11 is 1.38. The Morgan fingerprint density at radius 3 is 2.56 bits per heavy atom. The molecule has 3 rings (SSSR count). The number of amides is 2. The van der Waals surface area contributed by atoms with Crippen LogP contribution in [-0.2, 0) is 0 Å². The molecule has 1 saturated carbocycles. The molecule has 1 aliphatic carbocycles. The van der Waals surface area contributed by atoms with Gasteiger partial charge in [0.25, 0.3) is 11.8 Å². The quantitative estimate of drug-likeness (QED) is 0.702. The van der Waals surface area contributed by atoms with Gasteiger partial charge in [-0.05, 0) is 24.3 Å². The van der Waals surface area contributed by atoms with Crippen molar-refractivity contribution in [3.8, 4) is 0 Å². The Kier molecular flexibility index (Phi) is 2.32. The third kappa shape index (κ3) is 1.33. The van der Waals surface area contributed by atoms with E-state index in [4.69, 9.17) is 0 Å². The lowest BCUT2D eigenvalue weighted by Gasteiger charge is -2.29. The molecule has 2 amide bonds. The summed E-state index contributed by atoms with van der Waals surface area (Å²) in [6.07, 6.45) is 5.46. The minimum Gasteiger partial charge on any atom is -0.270 e. The normalized spacial score (nSPS) is 21.6. The van der Waals surface area contributed by atoms with E-state index >= 15 is 0 Å². The zero-order valence-corrected chi connectivity index (χ0v) is 9.76. The van der Waals surface area contributed by atoms with Crippen LogP contribution in [0.5, 0.6) is 0 Å². The van der Waals surface area contributed by atoms with Gasteiger partial charge in [0.2, 0.25) is 0 Å². The van der Waals surface area contributed by atoms with E-state index in [1.165, 1.54) is 22.7 Å². The largest absolute Gasteiger partial charge is 0.271 e. The van der Waals surface area contributed by atoms with Gasteiger partial charge in [-0.1, -0.05) is 19.3 Å². The van der Waals surface area contributed by atoms with Crippen LogP contribution in [0.3, 0.4) is 0 Å². The fourth-order valence-corrected chi connectivity index (χ4v) is 3.47. The van der Waals surface area contributed by atoms with Crippen LogP contribution in [0, 0.1) is 0 Å². The Balaban J connectivity index is 1.91. The smallest absolute Gasteiger partial charge is 0.270 e. The van der Waals surface area contributed by atoms with E-state index in [-0.39, 0.29) is 17.9 Å². The first kappa shape index (κ1) is 10.0. The van der Waals surface area contributed by atoms with Gasteiger partial charge in [0.15, 0.2) is 0 Å². The molecule has 0 spiro atoms. The van der Waals surface area contributed by atoms with Crippen molar-refractivity contribution >= 4 is 23.2 Å². The van der Waals surface area contributed by atoms with Crippen LogP contribution in [0.15, 0.2) is 11.4 Å². The van der Waals surface area contributed by atoms with Crippen molar-refractivity contribution in [1.29, 1.82) is 0 Å². The Morgan fingerprint density at radius 1 is 1.12 bits per heavy atom. The Bertz CT molecular complexity index is 415. The van der Waals surface area contributed by atoms with Crippen LogP contribution >= 0.6 is 11.3 Å². The van der Waals surface area contributed by atoms with Gasteiger partial charge in [-0.3, -0.25) is 14.5 Å². The second-order valence-electron chi connectivity index (χ2n) is 4.44. The highest BCUT2D eigenvalue weighted by Crippen LogP contribution is 2.33. The minimum absolute atomic E-state index is 0.0677. The first-order valence-electron chi connectivity index (χ1n) is 5.74. The highest BCUT2D eigenvalue weighted by Gasteiger charge is 2.40. The predicted molar refractivity (Wildman–Crippen MR) is 61.7 cm³/mol. The molecule has 1 fully saturated rings. The van der Waals surface area contributed by atoms with E-state index < -0.39 is 0 Å². The molecule has 16 heavy (non-hydrogen) atoms. The second kappa shape index (κ2) is 3.70. The van der Waals surface area contributed by atoms with Gasteiger partial charge < -0.3 is 0 Å². The van der Waals surface area contributed by atoms with E-state index in [9.17, 15) is 9.59 Å². The van der Waals surface area contributed by atoms with Gasteiger partial charge >= 0.3 is 0 Å². The number of fused-ring (bicyclic) bond motifs is 1. The number of thiophene rings is 1. The molecule has 1 aromatic rings. The fourth-order valence-electron chi connectivity index (χ4n) is 2.65. The molecule has 1 aromatic heterocycles. The molecule has 0 unspecified atom stereocenters. The molecule has 84 valence electrons. The molecule has 3 nitrogen and oxygen atoms in total. The maximum atomic E-state index is 12.1. The van der Waals surface area contributed by atoms with Crippen molar-refractivity contribution < 1.29 is 9.59 Å². The lowest BCUT2D eigenvalue weighted by molar-refractivity contribution is 0.0550. The van der Waals surface area contributed by atoms with Gasteiger partial charge in [0.05, 0.1) is 5.56 Å². The molecule has 0 saturated heterocycles. The summed E-state index contributed by atoms with van der Waals surface area (Å²) < 4.78 is 0. The summed E-state index contributed by atoms with van der Waals surface area (Å²) in [4.78, 5) is 26.3. The Hall–Kier alpha value is -1.16. The van der Waals surface area contributed by atoms with Crippen molar-refractivity contribution in [3.05, 3.63) is 21.9 Å². The number of hydrogen-bond acceptors (Lipinski definition) is 3. The highest BCUT2D eigenvalue weighted by atomic mass is 32.1. The van der Waals surface area contributed by atoms with Crippen molar-refractivity contribution in [2.75, 3.05) is 0 Å². The monoisotopic (exact) mass is 235 g/mol. The molecule has 2 aliphatic rings. The third-order valence-corrected chi connectivity index (χ3v) is 4.37. The number of hydrogen-bond donors (Lipinski definition) is 0. The van der Waals surface area contributed by atoms with Crippen molar-refractivity contribution in [2.24, 2.45) is 0 Å². The predicted octanol–water partition coefficient (Wildman–Crippen LogP) is 2.68. The van der Waals surface area contributed by atoms with Crippen LogP contribution < -0.4 is 0 Å². The molecule has 0 bridgehead atoms. The maximum absolute atomic E-state index is 12.1. The zero-order valence-electron chi connectivity index (χ0n) is 8.94. The van der Waals surface area contributed by atoms with Gasteiger partial charge in [-0.25, -0.2) is 0 Å². The van der Waals surface area contributed by atoms with Gasteiger partial charge in [-0.15, -0.1) is 11.3 Å². The van der Waals surface area contributed by atoms with Gasteiger partial charge in [0, 0.05) is 6.04 Å². The summed E-state index contributed by atoms with van der Waals surface area (Å²) in [5, 5.41) is 1.82. The van der Waals surface area contributed by atoms with E-state index in [1.54, 1.807) is 6.07 Å². The number of imide groups is 1. The van der Waals surface area contributed by atoms with E-state index in [0.717, 1.165) is 25.7 Å². The maximum Gasteiger partial charge on any atom is 0.271 e. The first-order valence-corrected chi connectivity index (χ1v) is 6.62. The molecule has 0 radical (unpaired) electrons. The summed E-state index contributed by atoms with van der Waals surface area (Å²) in [6.45, 7) is 0. The molecule has 2 heterocycles. The SMILES string of the molecule is O=C1c2ccsc2C(=O)N1C1CCCCC1. The molecule has 4 heteroatoms. The van der Waals surface area contributed by atoms with E-state index in [1.807, 2.05) is 5.38 Å². The Labute approximate surface area is 98.1 Å². The number of carbonyl (C=O) groups excluding carboxylic acids is 2. The summed E-state index contributed by atoms with van der Waals surface area (Å²) in [5.41, 5.74) is 0.612. The number of carbonyl (C=O) groups is 2. The molecule has 0 N–H and O–H groups in total. The third-order valence-electron chi connectivity index (χ3n) is 3.47. The molecular weight excluding hydrogens is 222 g/mol. The van der Waals surface area contributed by atoms with E-state index in [2.05, 4.69) is 0 Å². The number of rotatable bonds is 1. The van der Waals surface area contributed by atoms with Crippen molar-refractivity contribution in [1.82, 2.24) is 4.90 Å². The molecule has 0 atom stereocenters. The Morgan fingerprint density at radius 2 is 1.88 bits per heavy atom. The summed E-state index contributed by atoms with van der Waals surface area (Å²) in [5.74, 6) is -0.143. The topological polar surface area (TPSA) is 37.4 Å². The van der Waals surface area contributed by atoms with Crippen LogP contribution in [-0.4, -0.2) is 22.8 Å². The molecular formula is C12H13NO2S. The first-order chi connectivity index (χ1) is 7.79.